The SMILES string of the molecule is Cc1ccc(-c2ccc(C(=O)N3CC[C@H](N)C3)cc2-c2ccccc2)cc1Cl. The minimum absolute atomic E-state index is 0.0404. The first-order chi connectivity index (χ1) is 13.5. The lowest BCUT2D eigenvalue weighted by atomic mass is 9.92. The first-order valence-corrected chi connectivity index (χ1v) is 9.91. The van der Waals surface area contributed by atoms with Crippen LogP contribution >= 0.6 is 11.6 Å². The Morgan fingerprint density at radius 1 is 1.00 bits per heavy atom. The van der Waals surface area contributed by atoms with Crippen molar-refractivity contribution < 1.29 is 4.79 Å². The number of hydrogen-bond acceptors (Lipinski definition) is 2. The summed E-state index contributed by atoms with van der Waals surface area (Å²) in [5.74, 6) is 0.0404. The van der Waals surface area contributed by atoms with Gasteiger partial charge in [-0.1, -0.05) is 60.1 Å². The zero-order valence-electron chi connectivity index (χ0n) is 15.9. The molecule has 0 spiro atoms. The van der Waals surface area contributed by atoms with E-state index in [0.717, 1.165) is 45.8 Å². The van der Waals surface area contributed by atoms with Crippen LogP contribution in [0.2, 0.25) is 5.02 Å². The van der Waals surface area contributed by atoms with Gasteiger partial charge >= 0.3 is 0 Å². The summed E-state index contributed by atoms with van der Waals surface area (Å²) in [6.45, 7) is 3.33. The molecule has 0 bridgehead atoms. The lowest BCUT2D eigenvalue weighted by molar-refractivity contribution is 0.0791. The molecule has 142 valence electrons. The van der Waals surface area contributed by atoms with Gasteiger partial charge in [-0.2, -0.15) is 0 Å². The summed E-state index contributed by atoms with van der Waals surface area (Å²) in [6.07, 6.45) is 0.858. The van der Waals surface area contributed by atoms with Crippen LogP contribution in [0.1, 0.15) is 22.3 Å². The molecule has 3 nitrogen and oxygen atoms in total. The molecule has 1 atom stereocenters. The van der Waals surface area contributed by atoms with Gasteiger partial charge < -0.3 is 10.6 Å². The number of carbonyl (C=O) groups excluding carboxylic acids is 1. The Hall–Kier alpha value is -2.62. The zero-order valence-corrected chi connectivity index (χ0v) is 16.6. The van der Waals surface area contributed by atoms with E-state index in [2.05, 4.69) is 18.2 Å². The van der Waals surface area contributed by atoms with Crippen LogP contribution in [0.15, 0.2) is 66.7 Å². The number of benzene rings is 3. The lowest BCUT2D eigenvalue weighted by Crippen LogP contribution is -2.31. The molecule has 4 heteroatoms. The number of likely N-dealkylation sites (tertiary alicyclic amines) is 1. The van der Waals surface area contributed by atoms with Crippen molar-refractivity contribution in [3.8, 4) is 22.3 Å². The monoisotopic (exact) mass is 390 g/mol. The highest BCUT2D eigenvalue weighted by Gasteiger charge is 2.25. The molecule has 0 unspecified atom stereocenters. The summed E-state index contributed by atoms with van der Waals surface area (Å²) in [5, 5.41) is 0.739. The van der Waals surface area contributed by atoms with E-state index in [1.165, 1.54) is 0 Å². The fourth-order valence-electron chi connectivity index (χ4n) is 3.70. The number of amides is 1. The second kappa shape index (κ2) is 7.78. The topological polar surface area (TPSA) is 46.3 Å². The van der Waals surface area contributed by atoms with Gasteiger partial charge in [0.2, 0.25) is 0 Å². The molecule has 1 fully saturated rings. The Morgan fingerprint density at radius 3 is 2.46 bits per heavy atom. The minimum atomic E-state index is 0.0404. The van der Waals surface area contributed by atoms with E-state index < -0.39 is 0 Å². The van der Waals surface area contributed by atoms with Crippen molar-refractivity contribution in [1.82, 2.24) is 4.90 Å². The highest BCUT2D eigenvalue weighted by Crippen LogP contribution is 2.35. The van der Waals surface area contributed by atoms with E-state index >= 15 is 0 Å². The highest BCUT2D eigenvalue weighted by molar-refractivity contribution is 6.31. The molecule has 2 N–H and O–H groups in total. The number of carbonyl (C=O) groups is 1. The molecular weight excluding hydrogens is 368 g/mol. The normalized spacial score (nSPS) is 16.4. The van der Waals surface area contributed by atoms with E-state index in [0.29, 0.717) is 12.1 Å². The number of aryl methyl sites for hydroxylation is 1. The van der Waals surface area contributed by atoms with Gasteiger partial charge in [-0.3, -0.25) is 4.79 Å². The van der Waals surface area contributed by atoms with Crippen molar-refractivity contribution in [2.24, 2.45) is 5.73 Å². The van der Waals surface area contributed by atoms with Crippen LogP contribution < -0.4 is 5.73 Å². The standard InChI is InChI=1S/C24H23ClN2O/c1-16-7-8-18(14-23(16)25)21-10-9-19(24(28)27-12-11-20(26)15-27)13-22(21)17-5-3-2-4-6-17/h2-10,13-14,20H,11-12,15,26H2,1H3/t20-/m0/s1. The first-order valence-electron chi connectivity index (χ1n) is 9.54. The maximum atomic E-state index is 13.0. The van der Waals surface area contributed by atoms with Gasteiger partial charge in [0.05, 0.1) is 0 Å². The maximum Gasteiger partial charge on any atom is 0.253 e. The van der Waals surface area contributed by atoms with E-state index in [1.807, 2.05) is 60.4 Å². The van der Waals surface area contributed by atoms with Crippen molar-refractivity contribution in [3.05, 3.63) is 82.9 Å². The predicted octanol–water partition coefficient (Wildman–Crippen LogP) is 5.16. The van der Waals surface area contributed by atoms with Crippen molar-refractivity contribution in [1.29, 1.82) is 0 Å². The summed E-state index contributed by atoms with van der Waals surface area (Å²) >= 11 is 6.37. The number of halogens is 1. The largest absolute Gasteiger partial charge is 0.337 e. The quantitative estimate of drug-likeness (QED) is 0.671. The number of nitrogens with zero attached hydrogens (tertiary/aromatic N) is 1. The molecule has 3 aromatic carbocycles. The molecule has 3 aromatic rings. The fourth-order valence-corrected chi connectivity index (χ4v) is 3.88. The summed E-state index contributed by atoms with van der Waals surface area (Å²) < 4.78 is 0. The Morgan fingerprint density at radius 2 is 1.79 bits per heavy atom. The van der Waals surface area contributed by atoms with Gasteiger partial charge in [0.25, 0.3) is 5.91 Å². The minimum Gasteiger partial charge on any atom is -0.337 e. The van der Waals surface area contributed by atoms with Gasteiger partial charge in [-0.25, -0.2) is 0 Å². The summed E-state index contributed by atoms with van der Waals surface area (Å²) in [4.78, 5) is 14.8. The second-order valence-corrected chi connectivity index (χ2v) is 7.80. The van der Waals surface area contributed by atoms with E-state index in [1.54, 1.807) is 0 Å². The van der Waals surface area contributed by atoms with Crippen LogP contribution in [-0.2, 0) is 0 Å². The number of nitrogens with two attached hydrogens (primary N) is 1. The predicted molar refractivity (Wildman–Crippen MR) is 116 cm³/mol. The molecule has 0 aromatic heterocycles. The first kappa shape index (κ1) is 18.7. The van der Waals surface area contributed by atoms with Crippen LogP contribution in [0, 0.1) is 6.92 Å². The number of rotatable bonds is 3. The molecule has 1 saturated heterocycles. The van der Waals surface area contributed by atoms with Crippen LogP contribution in [0.5, 0.6) is 0 Å². The molecular formula is C24H23ClN2O. The van der Waals surface area contributed by atoms with E-state index in [9.17, 15) is 4.79 Å². The van der Waals surface area contributed by atoms with Crippen molar-refractivity contribution in [2.45, 2.75) is 19.4 Å². The maximum absolute atomic E-state index is 13.0. The lowest BCUT2D eigenvalue weighted by Gasteiger charge is -2.18. The molecule has 1 amide bonds. The van der Waals surface area contributed by atoms with E-state index in [-0.39, 0.29) is 11.9 Å². The third-order valence-corrected chi connectivity index (χ3v) is 5.75. The van der Waals surface area contributed by atoms with Gasteiger partial charge in [-0.15, -0.1) is 0 Å². The van der Waals surface area contributed by atoms with Gasteiger partial charge in [-0.05, 0) is 59.4 Å². The highest BCUT2D eigenvalue weighted by atomic mass is 35.5. The van der Waals surface area contributed by atoms with Gasteiger partial charge in [0, 0.05) is 29.7 Å². The van der Waals surface area contributed by atoms with Gasteiger partial charge in [0.1, 0.15) is 0 Å². The Kier molecular flexibility index (Phi) is 5.21. The average molecular weight is 391 g/mol. The van der Waals surface area contributed by atoms with E-state index in [4.69, 9.17) is 17.3 Å². The van der Waals surface area contributed by atoms with Crippen molar-refractivity contribution >= 4 is 17.5 Å². The second-order valence-electron chi connectivity index (χ2n) is 7.39. The van der Waals surface area contributed by atoms with Crippen molar-refractivity contribution in [3.63, 3.8) is 0 Å². The third kappa shape index (κ3) is 3.68. The molecule has 0 saturated carbocycles. The van der Waals surface area contributed by atoms with Crippen LogP contribution in [0.3, 0.4) is 0 Å². The van der Waals surface area contributed by atoms with Gasteiger partial charge in [0.15, 0.2) is 0 Å². The molecule has 1 heterocycles. The molecule has 1 aliphatic rings. The van der Waals surface area contributed by atoms with Crippen LogP contribution in [-0.4, -0.2) is 29.9 Å². The zero-order chi connectivity index (χ0) is 19.7. The number of hydrogen-bond donors (Lipinski definition) is 1. The van der Waals surface area contributed by atoms with Crippen molar-refractivity contribution in [2.75, 3.05) is 13.1 Å². The van der Waals surface area contributed by atoms with Crippen LogP contribution in [0.4, 0.5) is 0 Å². The Bertz CT molecular complexity index is 1020. The summed E-state index contributed by atoms with van der Waals surface area (Å²) in [5.41, 5.74) is 11.9. The molecule has 28 heavy (non-hydrogen) atoms. The summed E-state index contributed by atoms with van der Waals surface area (Å²) in [7, 11) is 0. The fraction of sp³-hybridized carbons (Fsp3) is 0.208. The third-order valence-electron chi connectivity index (χ3n) is 5.35. The molecule has 4 rings (SSSR count). The summed E-state index contributed by atoms with van der Waals surface area (Å²) in [6, 6.07) is 22.2. The average Bonchev–Trinajstić information content (AvgIpc) is 3.16. The molecule has 0 aliphatic carbocycles. The Labute approximate surface area is 170 Å². The van der Waals surface area contributed by atoms with Crippen LogP contribution in [0.25, 0.3) is 22.3 Å². The smallest absolute Gasteiger partial charge is 0.253 e. The molecule has 0 radical (unpaired) electrons. The molecule has 1 aliphatic heterocycles. The Balaban J connectivity index is 1.80.